The summed E-state index contributed by atoms with van der Waals surface area (Å²) in [7, 11) is 0.232. The predicted octanol–water partition coefficient (Wildman–Crippen LogP) is 10.3. The Labute approximate surface area is 274 Å². The van der Waals surface area contributed by atoms with Crippen LogP contribution in [0, 0.1) is 0 Å². The van der Waals surface area contributed by atoms with Gasteiger partial charge in [-0.25, -0.2) is 0 Å². The van der Waals surface area contributed by atoms with Gasteiger partial charge in [0.05, 0.1) is 5.44 Å². The van der Waals surface area contributed by atoms with Crippen LogP contribution in [-0.2, 0) is 0 Å². The molecule has 0 amide bonds. The summed E-state index contributed by atoms with van der Waals surface area (Å²) in [5.74, 6) is 0.589. The second-order valence-electron chi connectivity index (χ2n) is 10.2. The molecule has 0 spiro atoms. The number of nitrogens with zero attached hydrogens (tertiary/aromatic N) is 2. The van der Waals surface area contributed by atoms with E-state index in [0.717, 1.165) is 39.6 Å². The molecule has 0 aliphatic carbocycles. The van der Waals surface area contributed by atoms with E-state index >= 15 is 0 Å². The molecule has 0 bridgehead atoms. The minimum atomic E-state index is 0.232. The van der Waals surface area contributed by atoms with Crippen LogP contribution in [0.4, 0.5) is 34.1 Å². The highest BCUT2D eigenvalue weighted by atomic mass is 31.1. The zero-order chi connectivity index (χ0) is 31.8. The number of nitrogens with one attached hydrogen (secondary N) is 1. The molecule has 228 valence electrons. The standard InChI is InChI=1S/C28H27N4P.C12H11N/c29-27(31(23-13-5-1-6-14-23)24-15-7-2-8-16-24)21-22-28(30)33-32(25-17-9-3-10-18-25)26-19-11-4-12-20-26;1-3-7-11(8-4-1)13-12-9-5-2-6-10-12/h1-22,33H,29-30H2;1-10,13H/b27-21+,28-22+;. The summed E-state index contributed by atoms with van der Waals surface area (Å²) in [6, 6.07) is 60.9. The Morgan fingerprint density at radius 2 is 0.761 bits per heavy atom. The average molecular weight is 620 g/mol. The molecule has 6 heteroatoms. The van der Waals surface area contributed by atoms with Gasteiger partial charge in [0.1, 0.15) is 5.82 Å². The van der Waals surface area contributed by atoms with Gasteiger partial charge in [-0.2, -0.15) is 0 Å². The second kappa shape index (κ2) is 16.9. The molecule has 0 fully saturated rings. The second-order valence-corrected chi connectivity index (χ2v) is 11.4. The third-order valence-electron chi connectivity index (χ3n) is 6.83. The van der Waals surface area contributed by atoms with E-state index in [2.05, 4.69) is 34.3 Å². The van der Waals surface area contributed by atoms with Gasteiger partial charge in [0.25, 0.3) is 0 Å². The number of allylic oxidation sites excluding steroid dienone is 2. The molecule has 0 aliphatic rings. The molecule has 0 heterocycles. The highest BCUT2D eigenvalue weighted by Gasteiger charge is 2.12. The van der Waals surface area contributed by atoms with Gasteiger partial charge < -0.3 is 21.5 Å². The van der Waals surface area contributed by atoms with Gasteiger partial charge in [-0.3, -0.25) is 4.90 Å². The number of nitrogens with two attached hydrogens (primary N) is 2. The first kappa shape index (κ1) is 31.6. The lowest BCUT2D eigenvalue weighted by Crippen LogP contribution is -2.22. The van der Waals surface area contributed by atoms with Crippen molar-refractivity contribution in [3.63, 3.8) is 0 Å². The highest BCUT2D eigenvalue weighted by molar-refractivity contribution is 7.45. The normalized spacial score (nSPS) is 11.4. The lowest BCUT2D eigenvalue weighted by molar-refractivity contribution is 1.12. The maximum atomic E-state index is 6.56. The van der Waals surface area contributed by atoms with Gasteiger partial charge in [0.2, 0.25) is 0 Å². The lowest BCUT2D eigenvalue weighted by atomic mass is 10.2. The topological polar surface area (TPSA) is 70.5 Å². The molecule has 6 rings (SSSR count). The van der Waals surface area contributed by atoms with Crippen LogP contribution < -0.4 is 26.4 Å². The number of hydrogen-bond acceptors (Lipinski definition) is 5. The average Bonchev–Trinajstić information content (AvgIpc) is 3.13. The Morgan fingerprint density at radius 1 is 0.435 bits per heavy atom. The molecule has 0 saturated heterocycles. The van der Waals surface area contributed by atoms with Crippen molar-refractivity contribution in [2.75, 3.05) is 14.9 Å². The third-order valence-corrected chi connectivity index (χ3v) is 7.99. The SMILES string of the molecule is N/C(=C\C=C(/N)N(c1ccccc1)c1ccccc1)PN(c1ccccc1)c1ccccc1.c1ccc(Nc2ccccc2)cc1. The Kier molecular flexibility index (Phi) is 11.6. The fourth-order valence-electron chi connectivity index (χ4n) is 4.66. The van der Waals surface area contributed by atoms with E-state index in [1.54, 1.807) is 0 Å². The number of rotatable bonds is 10. The molecule has 6 aromatic carbocycles. The molecule has 1 atom stereocenters. The Morgan fingerprint density at radius 3 is 1.13 bits per heavy atom. The Balaban J connectivity index is 0.000000266. The molecule has 0 saturated carbocycles. The number of hydrogen-bond donors (Lipinski definition) is 3. The van der Waals surface area contributed by atoms with Crippen LogP contribution in [-0.4, -0.2) is 0 Å². The zero-order valence-electron chi connectivity index (χ0n) is 25.5. The quantitative estimate of drug-likeness (QED) is 0.105. The van der Waals surface area contributed by atoms with Gasteiger partial charge in [0.15, 0.2) is 0 Å². The molecule has 0 aromatic heterocycles. The molecular weight excluding hydrogens is 581 g/mol. The van der Waals surface area contributed by atoms with Crippen molar-refractivity contribution < 1.29 is 0 Å². The molecule has 5 N–H and O–H groups in total. The van der Waals surface area contributed by atoms with Gasteiger partial charge in [-0.1, -0.05) is 109 Å². The van der Waals surface area contributed by atoms with Crippen LogP contribution in [0.5, 0.6) is 0 Å². The monoisotopic (exact) mass is 619 g/mol. The number of benzene rings is 6. The van der Waals surface area contributed by atoms with Crippen molar-refractivity contribution in [2.45, 2.75) is 0 Å². The summed E-state index contributed by atoms with van der Waals surface area (Å²) >= 11 is 0. The first-order valence-electron chi connectivity index (χ1n) is 15.0. The highest BCUT2D eigenvalue weighted by Crippen LogP contribution is 2.39. The number of para-hydroxylation sites is 6. The predicted molar refractivity (Wildman–Crippen MR) is 199 cm³/mol. The maximum Gasteiger partial charge on any atom is 0.108 e. The molecule has 6 aromatic rings. The van der Waals surface area contributed by atoms with Gasteiger partial charge in [-0.05, 0) is 84.9 Å². The summed E-state index contributed by atoms with van der Waals surface area (Å²) in [5.41, 5.74) is 20.2. The number of anilines is 6. The Bertz CT molecular complexity index is 1670. The summed E-state index contributed by atoms with van der Waals surface area (Å²) in [5, 5.41) is 3.30. The molecule has 46 heavy (non-hydrogen) atoms. The van der Waals surface area contributed by atoms with Crippen molar-refractivity contribution in [3.8, 4) is 0 Å². The van der Waals surface area contributed by atoms with Crippen LogP contribution in [0.25, 0.3) is 0 Å². The minimum Gasteiger partial charge on any atom is -0.397 e. The van der Waals surface area contributed by atoms with Crippen LogP contribution in [0.1, 0.15) is 0 Å². The van der Waals surface area contributed by atoms with E-state index < -0.39 is 0 Å². The fourth-order valence-corrected chi connectivity index (χ4v) is 5.63. The summed E-state index contributed by atoms with van der Waals surface area (Å²) in [6.45, 7) is 0. The van der Waals surface area contributed by atoms with Crippen LogP contribution in [0.15, 0.2) is 205 Å². The molecule has 5 nitrogen and oxygen atoms in total. The van der Waals surface area contributed by atoms with E-state index in [1.165, 1.54) is 0 Å². The van der Waals surface area contributed by atoms with Gasteiger partial charge in [-0.15, -0.1) is 0 Å². The molecule has 1 unspecified atom stereocenters. The van der Waals surface area contributed by atoms with Crippen LogP contribution >= 0.6 is 8.73 Å². The first-order valence-corrected chi connectivity index (χ1v) is 16.0. The zero-order valence-corrected chi connectivity index (χ0v) is 26.5. The van der Waals surface area contributed by atoms with E-state index in [0.29, 0.717) is 5.82 Å². The third kappa shape index (κ3) is 9.36. The van der Waals surface area contributed by atoms with Crippen molar-refractivity contribution >= 4 is 42.9 Å². The van der Waals surface area contributed by atoms with Crippen LogP contribution in [0.2, 0.25) is 0 Å². The van der Waals surface area contributed by atoms with Crippen molar-refractivity contribution in [2.24, 2.45) is 11.5 Å². The van der Waals surface area contributed by atoms with Crippen molar-refractivity contribution in [1.82, 2.24) is 0 Å². The minimum absolute atomic E-state index is 0.232. The molecule has 0 aliphatic heterocycles. The Hall–Kier alpha value is -5.77. The van der Waals surface area contributed by atoms with Crippen LogP contribution in [0.3, 0.4) is 0 Å². The maximum absolute atomic E-state index is 6.56. The first-order chi connectivity index (χ1) is 22.7. The smallest absolute Gasteiger partial charge is 0.108 e. The molecular formula is C40H38N5P. The summed E-state index contributed by atoms with van der Waals surface area (Å²) in [6.07, 6.45) is 3.77. The van der Waals surface area contributed by atoms with E-state index in [9.17, 15) is 0 Å². The summed E-state index contributed by atoms with van der Waals surface area (Å²) in [4.78, 5) is 2.01. The summed E-state index contributed by atoms with van der Waals surface area (Å²) < 4.78 is 2.21. The van der Waals surface area contributed by atoms with E-state index in [-0.39, 0.29) is 8.73 Å². The van der Waals surface area contributed by atoms with Gasteiger partial charge in [0, 0.05) is 42.9 Å². The van der Waals surface area contributed by atoms with E-state index in [1.807, 2.05) is 175 Å². The molecule has 0 radical (unpaired) electrons. The lowest BCUT2D eigenvalue weighted by Gasteiger charge is -2.26. The van der Waals surface area contributed by atoms with Crippen molar-refractivity contribution in [3.05, 3.63) is 205 Å². The fraction of sp³-hybridized carbons (Fsp3) is 0. The van der Waals surface area contributed by atoms with Crippen molar-refractivity contribution in [1.29, 1.82) is 0 Å². The van der Waals surface area contributed by atoms with Gasteiger partial charge >= 0.3 is 0 Å². The van der Waals surface area contributed by atoms with E-state index in [4.69, 9.17) is 11.5 Å². The largest absolute Gasteiger partial charge is 0.397 e.